The minimum atomic E-state index is -2.76. The van der Waals surface area contributed by atoms with Gasteiger partial charge in [0.1, 0.15) is 5.75 Å². The molecular formula is C8H11BO3. The molecule has 0 aliphatic heterocycles. The molecule has 0 aromatic heterocycles. The first-order chi connectivity index (χ1) is 8.00. The fourth-order valence-electron chi connectivity index (χ4n) is 0.843. The molecule has 1 aromatic carbocycles. The Bertz CT molecular complexity index is 428. The van der Waals surface area contributed by atoms with Gasteiger partial charge < -0.3 is 14.8 Å². The van der Waals surface area contributed by atoms with E-state index in [9.17, 15) is 0 Å². The van der Waals surface area contributed by atoms with Gasteiger partial charge in [-0.3, -0.25) is 0 Å². The van der Waals surface area contributed by atoms with E-state index in [1.54, 1.807) is 0 Å². The van der Waals surface area contributed by atoms with E-state index in [1.165, 1.54) is 0 Å². The predicted octanol–water partition coefficient (Wildman–Crippen LogP) is -0.317. The monoisotopic (exact) mass is 172 g/mol. The molecule has 0 amide bonds. The lowest BCUT2D eigenvalue weighted by molar-refractivity contribution is 0.403. The number of methoxy groups -OCH3 is 1. The zero-order valence-corrected chi connectivity index (χ0v) is 6.11. The molecule has 0 aliphatic rings. The van der Waals surface area contributed by atoms with E-state index in [0.717, 1.165) is 18.2 Å². The van der Waals surface area contributed by atoms with Gasteiger partial charge in [-0.05, 0) is 12.9 Å². The molecular weight excluding hydrogens is 155 g/mol. The molecule has 0 bridgehead atoms. The van der Waals surface area contributed by atoms with Crippen LogP contribution in [0.5, 0.6) is 5.75 Å². The van der Waals surface area contributed by atoms with Crippen molar-refractivity contribution in [3.05, 3.63) is 23.8 Å². The maximum atomic E-state index is 9.10. The van der Waals surface area contributed by atoms with Crippen LogP contribution < -0.4 is 10.2 Å². The first kappa shape index (κ1) is 3.81. The summed E-state index contributed by atoms with van der Waals surface area (Å²) in [4.78, 5) is 0. The van der Waals surface area contributed by atoms with Crippen LogP contribution in [-0.2, 0) is 0 Å². The average molecular weight is 172 g/mol. The van der Waals surface area contributed by atoms with Gasteiger partial charge in [0, 0.05) is 9.58 Å². The fraction of sp³-hybridized carbons (Fsp3) is 0.250. The third kappa shape index (κ3) is 1.78. The van der Waals surface area contributed by atoms with Gasteiger partial charge in [-0.1, -0.05) is 17.7 Å². The second kappa shape index (κ2) is 3.60. The fourth-order valence-corrected chi connectivity index (χ4v) is 0.843. The van der Waals surface area contributed by atoms with Gasteiger partial charge in [0.05, 0.1) is 11.2 Å². The second-order valence-electron chi connectivity index (χ2n) is 2.23. The predicted molar refractivity (Wildman–Crippen MR) is 47.6 cm³/mol. The number of ether oxygens (including phenoxy) is 1. The van der Waals surface area contributed by atoms with Crippen molar-refractivity contribution >= 4 is 12.6 Å². The Labute approximate surface area is 80.2 Å². The van der Waals surface area contributed by atoms with Crippen LogP contribution in [0.4, 0.5) is 0 Å². The van der Waals surface area contributed by atoms with E-state index in [1.807, 2.05) is 0 Å². The highest BCUT2D eigenvalue weighted by Crippen LogP contribution is 2.08. The van der Waals surface area contributed by atoms with Crippen molar-refractivity contribution in [1.29, 1.82) is 0 Å². The molecule has 12 heavy (non-hydrogen) atoms. The first-order valence-corrected chi connectivity index (χ1v) is 3.20. The highest BCUT2D eigenvalue weighted by atomic mass is 16.5. The summed E-state index contributed by atoms with van der Waals surface area (Å²) in [5.41, 5.74) is -0.441. The molecule has 4 heteroatoms. The van der Waals surface area contributed by atoms with Crippen molar-refractivity contribution in [2.24, 2.45) is 0 Å². The summed E-state index contributed by atoms with van der Waals surface area (Å²) in [5, 5.41) is 18.2. The van der Waals surface area contributed by atoms with Crippen LogP contribution in [0.1, 0.15) is 13.8 Å². The largest absolute Gasteiger partial charge is 0.497 e. The zero-order chi connectivity index (χ0) is 14.1. The molecule has 3 nitrogen and oxygen atoms in total. The Kier molecular flexibility index (Phi) is 1.14. The summed E-state index contributed by atoms with van der Waals surface area (Å²) in [6, 6.07) is 3.22. The molecule has 2 N–H and O–H groups in total. The number of benzene rings is 1. The van der Waals surface area contributed by atoms with Gasteiger partial charge in [0.15, 0.2) is 0 Å². The van der Waals surface area contributed by atoms with Crippen LogP contribution in [0.15, 0.2) is 18.2 Å². The van der Waals surface area contributed by atoms with Gasteiger partial charge >= 0.3 is 7.12 Å². The molecule has 1 rings (SSSR count). The van der Waals surface area contributed by atoms with Gasteiger partial charge in [0.25, 0.3) is 0 Å². The quantitative estimate of drug-likeness (QED) is 0.601. The van der Waals surface area contributed by atoms with Crippen LogP contribution in [0, 0.1) is 6.85 Å². The summed E-state index contributed by atoms with van der Waals surface area (Å²) in [6.07, 6.45) is 0. The normalized spacial score (nSPS) is 19.2. The number of hydrogen-bond donors (Lipinski definition) is 2. The number of hydrogen-bond acceptors (Lipinski definition) is 3. The van der Waals surface area contributed by atoms with E-state index in [4.69, 9.17) is 18.3 Å². The van der Waals surface area contributed by atoms with Gasteiger partial charge in [-0.15, -0.1) is 0 Å². The summed E-state index contributed by atoms with van der Waals surface area (Å²) < 4.78 is 46.9. The first-order valence-electron chi connectivity index (χ1n) is 6.20. The van der Waals surface area contributed by atoms with E-state index in [-0.39, 0.29) is 16.8 Å². The topological polar surface area (TPSA) is 49.7 Å². The maximum Gasteiger partial charge on any atom is 0.492 e. The van der Waals surface area contributed by atoms with Crippen LogP contribution in [-0.4, -0.2) is 24.2 Å². The van der Waals surface area contributed by atoms with Gasteiger partial charge in [-0.2, -0.15) is 0 Å². The Morgan fingerprint density at radius 1 is 1.50 bits per heavy atom. The number of aryl methyl sites for hydroxylation is 1. The second-order valence-corrected chi connectivity index (χ2v) is 2.23. The molecule has 0 unspecified atom stereocenters. The van der Waals surface area contributed by atoms with Crippen molar-refractivity contribution in [3.63, 3.8) is 0 Å². The van der Waals surface area contributed by atoms with Crippen molar-refractivity contribution in [2.45, 2.75) is 6.85 Å². The van der Waals surface area contributed by atoms with Crippen LogP contribution >= 0.6 is 0 Å². The minimum absolute atomic E-state index is 0.136. The Balaban J connectivity index is 3.21. The molecule has 0 atom stereocenters. The lowest BCUT2D eigenvalue weighted by Crippen LogP contribution is -2.31. The Hall–Kier alpha value is -0.995. The Morgan fingerprint density at radius 2 is 2.33 bits per heavy atom. The third-order valence-electron chi connectivity index (χ3n) is 1.40. The smallest absolute Gasteiger partial charge is 0.492 e. The number of rotatable bonds is 2. The lowest BCUT2D eigenvalue weighted by Gasteiger charge is -2.07. The van der Waals surface area contributed by atoms with E-state index < -0.39 is 21.0 Å². The SMILES string of the molecule is [2H]C([2H])([2H])Oc1ccc(C([2H])([2H])[2H])cc1B(O)O. The van der Waals surface area contributed by atoms with E-state index >= 15 is 0 Å². The van der Waals surface area contributed by atoms with E-state index in [0.29, 0.717) is 0 Å². The molecule has 0 aliphatic carbocycles. The van der Waals surface area contributed by atoms with Crippen molar-refractivity contribution in [3.8, 4) is 5.75 Å². The van der Waals surface area contributed by atoms with Crippen molar-refractivity contribution < 1.29 is 23.0 Å². The molecule has 0 saturated heterocycles. The van der Waals surface area contributed by atoms with Crippen molar-refractivity contribution in [1.82, 2.24) is 0 Å². The van der Waals surface area contributed by atoms with Gasteiger partial charge in [0.2, 0.25) is 0 Å². The molecule has 1 aromatic rings. The molecule has 0 spiro atoms. The molecule has 0 saturated carbocycles. The molecule has 0 fully saturated rings. The van der Waals surface area contributed by atoms with Crippen LogP contribution in [0.25, 0.3) is 0 Å². The maximum absolute atomic E-state index is 9.10. The standard InChI is InChI=1S/C8H11BO3/c1-6-3-4-8(12-2)7(5-6)9(10)11/h3-5,10-11H,1-2H3/i1D3,2D3. The van der Waals surface area contributed by atoms with Gasteiger partial charge in [-0.25, -0.2) is 0 Å². The third-order valence-corrected chi connectivity index (χ3v) is 1.40. The lowest BCUT2D eigenvalue weighted by atomic mass is 9.79. The molecule has 0 heterocycles. The summed E-state index contributed by atoms with van der Waals surface area (Å²) in [5.74, 6) is -0.294. The highest BCUT2D eigenvalue weighted by Gasteiger charge is 2.16. The summed E-state index contributed by atoms with van der Waals surface area (Å²) in [6.45, 7) is -2.43. The minimum Gasteiger partial charge on any atom is -0.497 e. The molecule has 0 radical (unpaired) electrons. The summed E-state index contributed by atoms with van der Waals surface area (Å²) in [7, 11) is -4.78. The zero-order valence-electron chi connectivity index (χ0n) is 12.1. The van der Waals surface area contributed by atoms with Crippen LogP contribution in [0.3, 0.4) is 0 Å². The molecule has 64 valence electrons. The van der Waals surface area contributed by atoms with Crippen LogP contribution in [0.2, 0.25) is 0 Å². The van der Waals surface area contributed by atoms with Crippen molar-refractivity contribution in [2.75, 3.05) is 7.04 Å². The average Bonchev–Trinajstić information content (AvgIpc) is 2.13. The highest BCUT2D eigenvalue weighted by molar-refractivity contribution is 6.59. The van der Waals surface area contributed by atoms with E-state index in [2.05, 4.69) is 4.74 Å². The summed E-state index contributed by atoms with van der Waals surface area (Å²) >= 11 is 0. The Morgan fingerprint density at radius 3 is 2.92 bits per heavy atom.